The van der Waals surface area contributed by atoms with Gasteiger partial charge in [0.1, 0.15) is 17.3 Å². The average Bonchev–Trinajstić information content (AvgIpc) is 3.23. The summed E-state index contributed by atoms with van der Waals surface area (Å²) in [5.41, 5.74) is 0.448. The SMILES string of the molecule is CNCC1CCCN1C(=O)CCc1ccc(-c2ccccc2F)o1. The highest BCUT2D eigenvalue weighted by atomic mass is 19.1. The molecule has 1 amide bonds. The molecule has 1 atom stereocenters. The number of amides is 1. The number of likely N-dealkylation sites (N-methyl/N-ethyl adjacent to an activating group) is 1. The lowest BCUT2D eigenvalue weighted by molar-refractivity contribution is -0.131. The van der Waals surface area contributed by atoms with Gasteiger partial charge in [-0.25, -0.2) is 4.39 Å². The number of aryl methyl sites for hydroxylation is 1. The molecular formula is C19H23FN2O2. The van der Waals surface area contributed by atoms with Gasteiger partial charge in [0.2, 0.25) is 5.91 Å². The van der Waals surface area contributed by atoms with Crippen LogP contribution < -0.4 is 5.32 Å². The number of carbonyl (C=O) groups is 1. The topological polar surface area (TPSA) is 45.5 Å². The molecule has 2 aromatic rings. The van der Waals surface area contributed by atoms with Crippen molar-refractivity contribution in [1.82, 2.24) is 10.2 Å². The summed E-state index contributed by atoms with van der Waals surface area (Å²) in [5, 5.41) is 3.15. The molecule has 1 unspecified atom stereocenters. The van der Waals surface area contributed by atoms with Gasteiger partial charge in [0, 0.05) is 32.0 Å². The van der Waals surface area contributed by atoms with E-state index >= 15 is 0 Å². The lowest BCUT2D eigenvalue weighted by Gasteiger charge is -2.24. The van der Waals surface area contributed by atoms with Gasteiger partial charge in [-0.15, -0.1) is 0 Å². The highest BCUT2D eigenvalue weighted by molar-refractivity contribution is 5.77. The standard InChI is InChI=1S/C19H23FN2O2/c1-21-13-14-5-4-12-22(14)19(23)11-9-15-8-10-18(24-15)16-6-2-3-7-17(16)20/h2-3,6-8,10,14,21H,4-5,9,11-13H2,1H3. The van der Waals surface area contributed by atoms with Crippen LogP contribution >= 0.6 is 0 Å². The number of hydrogen-bond acceptors (Lipinski definition) is 3. The number of halogens is 1. The molecule has 4 nitrogen and oxygen atoms in total. The van der Waals surface area contributed by atoms with Gasteiger partial charge >= 0.3 is 0 Å². The minimum Gasteiger partial charge on any atom is -0.461 e. The minimum atomic E-state index is -0.304. The van der Waals surface area contributed by atoms with E-state index < -0.39 is 0 Å². The predicted molar refractivity (Wildman–Crippen MR) is 91.1 cm³/mol. The minimum absolute atomic E-state index is 0.164. The van der Waals surface area contributed by atoms with E-state index in [1.54, 1.807) is 24.3 Å². The van der Waals surface area contributed by atoms with Gasteiger partial charge in [-0.3, -0.25) is 4.79 Å². The maximum Gasteiger partial charge on any atom is 0.223 e. The molecule has 1 aliphatic rings. The van der Waals surface area contributed by atoms with E-state index in [0.29, 0.717) is 36.0 Å². The van der Waals surface area contributed by atoms with Gasteiger partial charge in [-0.1, -0.05) is 12.1 Å². The van der Waals surface area contributed by atoms with Crippen molar-refractivity contribution in [3.8, 4) is 11.3 Å². The summed E-state index contributed by atoms with van der Waals surface area (Å²) in [6.07, 6.45) is 3.08. The first-order chi connectivity index (χ1) is 11.7. The quantitative estimate of drug-likeness (QED) is 0.884. The van der Waals surface area contributed by atoms with Crippen LogP contribution in [-0.4, -0.2) is 37.0 Å². The second kappa shape index (κ2) is 7.62. The third kappa shape index (κ3) is 3.67. The first kappa shape index (κ1) is 16.7. The van der Waals surface area contributed by atoms with Crippen LogP contribution in [0.4, 0.5) is 4.39 Å². The Morgan fingerprint density at radius 2 is 2.17 bits per heavy atom. The monoisotopic (exact) mass is 330 g/mol. The van der Waals surface area contributed by atoms with Crippen LogP contribution in [0.15, 0.2) is 40.8 Å². The fourth-order valence-electron chi connectivity index (χ4n) is 3.30. The summed E-state index contributed by atoms with van der Waals surface area (Å²) in [6.45, 7) is 1.67. The van der Waals surface area contributed by atoms with Crippen molar-refractivity contribution < 1.29 is 13.6 Å². The molecule has 128 valence electrons. The van der Waals surface area contributed by atoms with Crippen molar-refractivity contribution in [2.45, 2.75) is 31.7 Å². The fourth-order valence-corrected chi connectivity index (χ4v) is 3.30. The molecule has 2 heterocycles. The Morgan fingerprint density at radius 1 is 1.33 bits per heavy atom. The lowest BCUT2D eigenvalue weighted by Crippen LogP contribution is -2.40. The summed E-state index contributed by atoms with van der Waals surface area (Å²) >= 11 is 0. The number of benzene rings is 1. The van der Waals surface area contributed by atoms with E-state index in [1.165, 1.54) is 6.07 Å². The van der Waals surface area contributed by atoms with Gasteiger partial charge in [0.25, 0.3) is 0 Å². The molecule has 1 fully saturated rings. The van der Waals surface area contributed by atoms with E-state index in [-0.39, 0.29) is 11.7 Å². The zero-order valence-corrected chi connectivity index (χ0v) is 13.9. The molecule has 0 aliphatic carbocycles. The number of hydrogen-bond donors (Lipinski definition) is 1. The maximum absolute atomic E-state index is 13.8. The van der Waals surface area contributed by atoms with Crippen LogP contribution in [0.2, 0.25) is 0 Å². The van der Waals surface area contributed by atoms with Crippen molar-refractivity contribution in [2.75, 3.05) is 20.1 Å². The van der Waals surface area contributed by atoms with Crippen LogP contribution in [0.1, 0.15) is 25.0 Å². The zero-order valence-electron chi connectivity index (χ0n) is 13.9. The Balaban J connectivity index is 1.59. The molecule has 1 aromatic carbocycles. The van der Waals surface area contributed by atoms with E-state index in [0.717, 1.165) is 25.9 Å². The summed E-state index contributed by atoms with van der Waals surface area (Å²) in [6, 6.07) is 10.4. The summed E-state index contributed by atoms with van der Waals surface area (Å²) in [7, 11) is 1.91. The number of rotatable bonds is 6. The van der Waals surface area contributed by atoms with Crippen LogP contribution in [-0.2, 0) is 11.2 Å². The molecule has 0 bridgehead atoms. The second-order valence-corrected chi connectivity index (χ2v) is 6.19. The van der Waals surface area contributed by atoms with Gasteiger partial charge in [0.05, 0.1) is 5.56 Å². The summed E-state index contributed by atoms with van der Waals surface area (Å²) < 4.78 is 19.5. The number of carbonyl (C=O) groups excluding carboxylic acids is 1. The van der Waals surface area contributed by atoms with Crippen LogP contribution in [0.3, 0.4) is 0 Å². The van der Waals surface area contributed by atoms with Crippen LogP contribution in [0, 0.1) is 5.82 Å². The Kier molecular flexibility index (Phi) is 5.30. The molecule has 1 aromatic heterocycles. The second-order valence-electron chi connectivity index (χ2n) is 6.19. The predicted octanol–water partition coefficient (Wildman–Crippen LogP) is 3.23. The largest absolute Gasteiger partial charge is 0.461 e. The van der Waals surface area contributed by atoms with Gasteiger partial charge < -0.3 is 14.6 Å². The van der Waals surface area contributed by atoms with Crippen molar-refractivity contribution in [3.63, 3.8) is 0 Å². The van der Waals surface area contributed by atoms with Crippen molar-refractivity contribution in [3.05, 3.63) is 48.0 Å². The normalized spacial score (nSPS) is 17.4. The number of nitrogens with zero attached hydrogens (tertiary/aromatic N) is 1. The molecule has 1 saturated heterocycles. The Hall–Kier alpha value is -2.14. The third-order valence-corrected chi connectivity index (χ3v) is 4.52. The first-order valence-corrected chi connectivity index (χ1v) is 8.46. The molecule has 5 heteroatoms. The maximum atomic E-state index is 13.8. The van der Waals surface area contributed by atoms with Crippen LogP contribution in [0.5, 0.6) is 0 Å². The Morgan fingerprint density at radius 3 is 2.96 bits per heavy atom. The zero-order chi connectivity index (χ0) is 16.9. The van der Waals surface area contributed by atoms with Gasteiger partial charge in [0.15, 0.2) is 0 Å². The molecule has 0 spiro atoms. The molecule has 24 heavy (non-hydrogen) atoms. The third-order valence-electron chi connectivity index (χ3n) is 4.52. The molecule has 0 saturated carbocycles. The van der Waals surface area contributed by atoms with Gasteiger partial charge in [-0.05, 0) is 44.2 Å². The molecule has 0 radical (unpaired) electrons. The number of nitrogens with one attached hydrogen (secondary N) is 1. The number of furan rings is 1. The van der Waals surface area contributed by atoms with E-state index in [1.807, 2.05) is 18.0 Å². The smallest absolute Gasteiger partial charge is 0.223 e. The summed E-state index contributed by atoms with van der Waals surface area (Å²) in [4.78, 5) is 14.4. The average molecular weight is 330 g/mol. The molecule has 1 aliphatic heterocycles. The van der Waals surface area contributed by atoms with Crippen molar-refractivity contribution in [2.24, 2.45) is 0 Å². The highest BCUT2D eigenvalue weighted by Crippen LogP contribution is 2.25. The van der Waals surface area contributed by atoms with Crippen molar-refractivity contribution >= 4 is 5.91 Å². The highest BCUT2D eigenvalue weighted by Gasteiger charge is 2.27. The molecule has 3 rings (SSSR count). The van der Waals surface area contributed by atoms with E-state index in [4.69, 9.17) is 4.42 Å². The Bertz CT molecular complexity index is 698. The first-order valence-electron chi connectivity index (χ1n) is 8.46. The van der Waals surface area contributed by atoms with Crippen LogP contribution in [0.25, 0.3) is 11.3 Å². The molecule has 1 N–H and O–H groups in total. The van der Waals surface area contributed by atoms with Crippen molar-refractivity contribution in [1.29, 1.82) is 0 Å². The lowest BCUT2D eigenvalue weighted by atomic mass is 10.1. The fraction of sp³-hybridized carbons (Fsp3) is 0.421. The van der Waals surface area contributed by atoms with E-state index in [9.17, 15) is 9.18 Å². The van der Waals surface area contributed by atoms with E-state index in [2.05, 4.69) is 5.32 Å². The Labute approximate surface area is 141 Å². The summed E-state index contributed by atoms with van der Waals surface area (Å²) in [5.74, 6) is 1.08. The number of likely N-dealkylation sites (tertiary alicyclic amines) is 1. The molecular weight excluding hydrogens is 307 g/mol. The van der Waals surface area contributed by atoms with Gasteiger partial charge in [-0.2, -0.15) is 0 Å².